The van der Waals surface area contributed by atoms with Crippen molar-refractivity contribution in [3.8, 4) is 5.75 Å². The number of anilines is 1. The molecule has 0 radical (unpaired) electrons. The van der Waals surface area contributed by atoms with Crippen LogP contribution in [0.3, 0.4) is 0 Å². The zero-order chi connectivity index (χ0) is 15.5. The highest BCUT2D eigenvalue weighted by atomic mass is 16.5. The van der Waals surface area contributed by atoms with Crippen LogP contribution in [-0.4, -0.2) is 24.4 Å². The number of hydrogen-bond acceptors (Lipinski definition) is 2. The molecule has 0 aliphatic carbocycles. The quantitative estimate of drug-likeness (QED) is 0.622. The summed E-state index contributed by atoms with van der Waals surface area (Å²) >= 11 is 0. The van der Waals surface area contributed by atoms with Gasteiger partial charge in [-0.25, -0.2) is 4.79 Å². The molecule has 0 aliphatic heterocycles. The van der Waals surface area contributed by atoms with E-state index in [2.05, 4.69) is 6.92 Å². The summed E-state index contributed by atoms with van der Waals surface area (Å²) < 4.78 is 5.37. The van der Waals surface area contributed by atoms with Crippen LogP contribution in [0.25, 0.3) is 0 Å². The predicted octanol–water partition coefficient (Wildman–Crippen LogP) is 4.93. The lowest BCUT2D eigenvalue weighted by molar-refractivity contribution is 0.201. The van der Waals surface area contributed by atoms with Gasteiger partial charge in [0.25, 0.3) is 0 Å². The third-order valence-corrected chi connectivity index (χ3v) is 3.43. The molecular weight excluding hydrogens is 266 g/mol. The smallest absolute Gasteiger partial charge is 0.411 e. The Bertz CT molecular complexity index is 403. The summed E-state index contributed by atoms with van der Waals surface area (Å²) in [6.45, 7) is 5.28. The first-order valence-corrected chi connectivity index (χ1v) is 7.92. The van der Waals surface area contributed by atoms with Crippen LogP contribution in [-0.2, 0) is 0 Å². The van der Waals surface area contributed by atoms with Crippen molar-refractivity contribution in [1.29, 1.82) is 0 Å². The second kappa shape index (κ2) is 10.1. The van der Waals surface area contributed by atoms with Crippen LogP contribution in [0.1, 0.15) is 52.4 Å². The fraction of sp³-hybridized carbons (Fsp3) is 0.588. The fourth-order valence-corrected chi connectivity index (χ4v) is 2.27. The summed E-state index contributed by atoms with van der Waals surface area (Å²) in [5.74, 6) is 0.770. The average Bonchev–Trinajstić information content (AvgIpc) is 2.48. The molecule has 4 nitrogen and oxygen atoms in total. The number of unbranched alkanes of at least 4 members (excludes halogenated alkanes) is 5. The number of nitrogens with zero attached hydrogens (tertiary/aromatic N) is 1. The monoisotopic (exact) mass is 293 g/mol. The van der Waals surface area contributed by atoms with Gasteiger partial charge in [-0.2, -0.15) is 0 Å². The Hall–Kier alpha value is -1.71. The second-order valence-electron chi connectivity index (χ2n) is 5.13. The molecule has 0 saturated carbocycles. The molecule has 0 atom stereocenters. The van der Waals surface area contributed by atoms with E-state index < -0.39 is 6.09 Å². The molecule has 0 bridgehead atoms. The zero-order valence-electron chi connectivity index (χ0n) is 13.2. The van der Waals surface area contributed by atoms with Crippen molar-refractivity contribution in [2.75, 3.05) is 18.1 Å². The van der Waals surface area contributed by atoms with Crippen molar-refractivity contribution in [3.05, 3.63) is 24.3 Å². The molecule has 1 aromatic rings. The minimum Gasteiger partial charge on any atom is -0.494 e. The second-order valence-corrected chi connectivity index (χ2v) is 5.13. The molecule has 1 N–H and O–H groups in total. The van der Waals surface area contributed by atoms with E-state index in [1.807, 2.05) is 19.1 Å². The van der Waals surface area contributed by atoms with Gasteiger partial charge in [0.1, 0.15) is 5.75 Å². The van der Waals surface area contributed by atoms with E-state index in [9.17, 15) is 9.90 Å². The van der Waals surface area contributed by atoms with Gasteiger partial charge in [0.15, 0.2) is 0 Å². The van der Waals surface area contributed by atoms with Crippen LogP contribution < -0.4 is 9.64 Å². The lowest BCUT2D eigenvalue weighted by Crippen LogP contribution is -2.30. The summed E-state index contributed by atoms with van der Waals surface area (Å²) in [5, 5.41) is 9.33. The van der Waals surface area contributed by atoms with Crippen LogP contribution in [0.15, 0.2) is 24.3 Å². The molecular formula is C17H27NO3. The fourth-order valence-electron chi connectivity index (χ4n) is 2.27. The number of ether oxygens (including phenoxy) is 1. The third-order valence-electron chi connectivity index (χ3n) is 3.43. The standard InChI is InChI=1S/C17H27NO3/c1-3-5-6-7-8-9-14-18(17(19)20)15-10-12-16(13-11-15)21-4-2/h10-13H,3-9,14H2,1-2H3,(H,19,20). The molecule has 118 valence electrons. The van der Waals surface area contributed by atoms with Crippen LogP contribution in [0, 0.1) is 0 Å². The Morgan fingerprint density at radius 3 is 2.24 bits per heavy atom. The Balaban J connectivity index is 2.47. The van der Waals surface area contributed by atoms with Gasteiger partial charge in [0, 0.05) is 12.2 Å². The maximum absolute atomic E-state index is 11.4. The Kier molecular flexibility index (Phi) is 8.32. The van der Waals surface area contributed by atoms with Crippen LogP contribution in [0.2, 0.25) is 0 Å². The van der Waals surface area contributed by atoms with E-state index >= 15 is 0 Å². The first kappa shape index (κ1) is 17.3. The largest absolute Gasteiger partial charge is 0.494 e. The summed E-state index contributed by atoms with van der Waals surface area (Å²) in [7, 11) is 0. The van der Waals surface area contributed by atoms with Gasteiger partial charge in [-0.05, 0) is 37.6 Å². The van der Waals surface area contributed by atoms with Gasteiger partial charge in [0.2, 0.25) is 0 Å². The molecule has 0 heterocycles. The predicted molar refractivity (Wildman–Crippen MR) is 86.4 cm³/mol. The highest BCUT2D eigenvalue weighted by Crippen LogP contribution is 2.20. The van der Waals surface area contributed by atoms with Crippen molar-refractivity contribution in [2.45, 2.75) is 52.4 Å². The molecule has 0 fully saturated rings. The van der Waals surface area contributed by atoms with Crippen molar-refractivity contribution in [3.63, 3.8) is 0 Å². The Morgan fingerprint density at radius 2 is 1.67 bits per heavy atom. The number of benzene rings is 1. The highest BCUT2D eigenvalue weighted by molar-refractivity contribution is 5.86. The van der Waals surface area contributed by atoms with Gasteiger partial charge < -0.3 is 9.84 Å². The average molecular weight is 293 g/mol. The molecule has 0 unspecified atom stereocenters. The first-order valence-electron chi connectivity index (χ1n) is 7.92. The number of amides is 1. The molecule has 1 aromatic carbocycles. The van der Waals surface area contributed by atoms with E-state index in [-0.39, 0.29) is 0 Å². The lowest BCUT2D eigenvalue weighted by Gasteiger charge is -2.19. The van der Waals surface area contributed by atoms with E-state index in [0.29, 0.717) is 18.8 Å². The summed E-state index contributed by atoms with van der Waals surface area (Å²) in [5.41, 5.74) is 0.708. The van der Waals surface area contributed by atoms with Crippen LogP contribution in [0.5, 0.6) is 5.75 Å². The normalized spacial score (nSPS) is 10.4. The number of rotatable bonds is 10. The van der Waals surface area contributed by atoms with Gasteiger partial charge in [-0.3, -0.25) is 4.90 Å². The molecule has 4 heteroatoms. The number of hydrogen-bond donors (Lipinski definition) is 1. The SMILES string of the molecule is CCCCCCCCN(C(=O)O)c1ccc(OCC)cc1. The van der Waals surface area contributed by atoms with Gasteiger partial charge in [-0.1, -0.05) is 39.0 Å². The minimum absolute atomic E-state index is 0.551. The van der Waals surface area contributed by atoms with Gasteiger partial charge >= 0.3 is 6.09 Å². The number of carbonyl (C=O) groups is 1. The maximum atomic E-state index is 11.4. The topological polar surface area (TPSA) is 49.8 Å². The molecule has 1 amide bonds. The van der Waals surface area contributed by atoms with Gasteiger partial charge in [-0.15, -0.1) is 0 Å². The lowest BCUT2D eigenvalue weighted by atomic mass is 10.1. The van der Waals surface area contributed by atoms with Gasteiger partial charge in [0.05, 0.1) is 6.61 Å². The van der Waals surface area contributed by atoms with E-state index in [1.165, 1.54) is 30.6 Å². The number of carboxylic acid groups (broad SMARTS) is 1. The van der Waals surface area contributed by atoms with Crippen molar-refractivity contribution in [2.24, 2.45) is 0 Å². The van der Waals surface area contributed by atoms with E-state index in [4.69, 9.17) is 4.74 Å². The van der Waals surface area contributed by atoms with E-state index in [1.54, 1.807) is 12.1 Å². The minimum atomic E-state index is -0.896. The van der Waals surface area contributed by atoms with E-state index in [0.717, 1.165) is 18.6 Å². The third kappa shape index (κ3) is 6.52. The Morgan fingerprint density at radius 1 is 1.05 bits per heavy atom. The maximum Gasteiger partial charge on any atom is 0.411 e. The molecule has 0 spiro atoms. The Labute approximate surface area is 127 Å². The van der Waals surface area contributed by atoms with Crippen LogP contribution in [0.4, 0.5) is 10.5 Å². The molecule has 1 rings (SSSR count). The molecule has 0 saturated heterocycles. The highest BCUT2D eigenvalue weighted by Gasteiger charge is 2.13. The van der Waals surface area contributed by atoms with Crippen molar-refractivity contribution in [1.82, 2.24) is 0 Å². The molecule has 21 heavy (non-hydrogen) atoms. The summed E-state index contributed by atoms with van der Waals surface area (Å²) in [4.78, 5) is 12.8. The van der Waals surface area contributed by atoms with Crippen molar-refractivity contribution < 1.29 is 14.6 Å². The first-order chi connectivity index (χ1) is 10.2. The van der Waals surface area contributed by atoms with Crippen molar-refractivity contribution >= 4 is 11.8 Å². The molecule has 0 aliphatic rings. The van der Waals surface area contributed by atoms with Crippen LogP contribution >= 0.6 is 0 Å². The summed E-state index contributed by atoms with van der Waals surface area (Å²) in [6, 6.07) is 7.23. The molecule has 0 aromatic heterocycles. The zero-order valence-corrected chi connectivity index (χ0v) is 13.2. The summed E-state index contributed by atoms with van der Waals surface area (Å²) in [6.07, 6.45) is 6.02.